The maximum atomic E-state index is 13.5. The van der Waals surface area contributed by atoms with Crippen LogP contribution in [0.1, 0.15) is 37.2 Å². The number of aromatic nitrogens is 3. The van der Waals surface area contributed by atoms with Gasteiger partial charge in [0, 0.05) is 24.6 Å². The van der Waals surface area contributed by atoms with Crippen molar-refractivity contribution >= 4 is 39.8 Å². The number of hydrogen-bond donors (Lipinski definition) is 2. The van der Waals surface area contributed by atoms with Crippen LogP contribution in [0.3, 0.4) is 0 Å². The number of benzene rings is 1. The lowest BCUT2D eigenvalue weighted by Crippen LogP contribution is -2.15. The van der Waals surface area contributed by atoms with Crippen molar-refractivity contribution in [3.8, 4) is 0 Å². The van der Waals surface area contributed by atoms with Crippen molar-refractivity contribution in [3.63, 3.8) is 0 Å². The molecule has 0 aliphatic carbocycles. The molecule has 27 heavy (non-hydrogen) atoms. The number of carbonyl (C=O) groups excluding carboxylic acids is 2. The van der Waals surface area contributed by atoms with Gasteiger partial charge in [0.1, 0.15) is 16.5 Å². The average molecular weight is 408 g/mol. The molecule has 1 aromatic carbocycles. The fraction of sp³-hybridized carbons (Fsp3) is 0.176. The molecule has 140 valence electrons. The number of anilines is 1. The number of primary amides is 1. The van der Waals surface area contributed by atoms with E-state index in [4.69, 9.17) is 17.3 Å². The molecule has 0 aliphatic rings. The lowest BCUT2D eigenvalue weighted by molar-refractivity contribution is 0.0992. The van der Waals surface area contributed by atoms with Crippen LogP contribution < -0.4 is 11.1 Å². The maximum absolute atomic E-state index is 13.5. The SMILES string of the molecule is Cc1nc(Cc2cc(F)cc(Cl)c2)sc1NC(=O)c1cc(C(N)=O)nn1C. The van der Waals surface area contributed by atoms with Gasteiger partial charge in [-0.25, -0.2) is 9.37 Å². The van der Waals surface area contributed by atoms with Gasteiger partial charge in [-0.15, -0.1) is 11.3 Å². The normalized spacial score (nSPS) is 10.8. The molecular formula is C17H15ClFN5O2S. The van der Waals surface area contributed by atoms with Gasteiger partial charge in [0.05, 0.1) is 10.7 Å². The van der Waals surface area contributed by atoms with Gasteiger partial charge >= 0.3 is 0 Å². The minimum atomic E-state index is -0.713. The lowest BCUT2D eigenvalue weighted by Gasteiger charge is -2.03. The van der Waals surface area contributed by atoms with Crippen LogP contribution in [0, 0.1) is 12.7 Å². The quantitative estimate of drug-likeness (QED) is 0.678. The number of nitrogens with one attached hydrogen (secondary N) is 1. The average Bonchev–Trinajstić information content (AvgIpc) is 3.09. The van der Waals surface area contributed by atoms with Crippen LogP contribution in [0.25, 0.3) is 0 Å². The Morgan fingerprint density at radius 2 is 2.07 bits per heavy atom. The van der Waals surface area contributed by atoms with Crippen LogP contribution in [-0.4, -0.2) is 26.6 Å². The van der Waals surface area contributed by atoms with Crippen molar-refractivity contribution in [2.45, 2.75) is 13.3 Å². The zero-order valence-corrected chi connectivity index (χ0v) is 16.0. The third-order valence-corrected chi connectivity index (χ3v) is 5.00. The Morgan fingerprint density at radius 1 is 1.33 bits per heavy atom. The fourth-order valence-electron chi connectivity index (χ4n) is 2.50. The van der Waals surface area contributed by atoms with E-state index in [-0.39, 0.29) is 11.4 Å². The van der Waals surface area contributed by atoms with Gasteiger partial charge in [0.2, 0.25) is 0 Å². The molecule has 7 nitrogen and oxygen atoms in total. The molecule has 0 radical (unpaired) electrons. The van der Waals surface area contributed by atoms with Crippen molar-refractivity contribution < 1.29 is 14.0 Å². The summed E-state index contributed by atoms with van der Waals surface area (Å²) >= 11 is 7.15. The number of hydrogen-bond acceptors (Lipinski definition) is 5. The largest absolute Gasteiger partial charge is 0.364 e. The first-order chi connectivity index (χ1) is 12.7. The van der Waals surface area contributed by atoms with Crippen molar-refractivity contribution in [2.75, 3.05) is 5.32 Å². The van der Waals surface area contributed by atoms with Gasteiger partial charge < -0.3 is 11.1 Å². The Morgan fingerprint density at radius 3 is 2.70 bits per heavy atom. The first kappa shape index (κ1) is 19.0. The van der Waals surface area contributed by atoms with E-state index < -0.39 is 17.6 Å². The highest BCUT2D eigenvalue weighted by Crippen LogP contribution is 2.27. The monoisotopic (exact) mass is 407 g/mol. The summed E-state index contributed by atoms with van der Waals surface area (Å²) < 4.78 is 14.8. The fourth-order valence-corrected chi connectivity index (χ4v) is 3.74. The third-order valence-electron chi connectivity index (χ3n) is 3.71. The molecule has 0 saturated heterocycles. The van der Waals surface area contributed by atoms with E-state index in [0.29, 0.717) is 32.7 Å². The van der Waals surface area contributed by atoms with Crippen molar-refractivity contribution in [1.29, 1.82) is 0 Å². The summed E-state index contributed by atoms with van der Waals surface area (Å²) in [7, 11) is 1.54. The molecule has 2 heterocycles. The predicted molar refractivity (Wildman–Crippen MR) is 101 cm³/mol. The standard InChI is InChI=1S/C17H15ClFN5O2S/c1-8-17(22-16(26)13-7-12(15(20)25)23-24(13)2)27-14(21-8)5-9-3-10(18)6-11(19)4-9/h3-4,6-7H,5H2,1-2H3,(H2,20,25)(H,22,26). The molecule has 3 N–H and O–H groups in total. The number of aryl methyl sites for hydroxylation is 2. The molecule has 0 bridgehead atoms. The van der Waals surface area contributed by atoms with E-state index in [2.05, 4.69) is 15.4 Å². The molecule has 0 saturated carbocycles. The molecule has 0 fully saturated rings. The Kier molecular flexibility index (Phi) is 5.24. The predicted octanol–water partition coefficient (Wildman–Crippen LogP) is 2.92. The summed E-state index contributed by atoms with van der Waals surface area (Å²) in [5.74, 6) is -1.57. The highest BCUT2D eigenvalue weighted by Gasteiger charge is 2.18. The molecule has 3 aromatic rings. The van der Waals surface area contributed by atoms with E-state index in [1.165, 1.54) is 34.2 Å². The number of carbonyl (C=O) groups is 2. The first-order valence-corrected chi connectivity index (χ1v) is 8.99. The molecule has 10 heteroatoms. The van der Waals surface area contributed by atoms with E-state index in [1.807, 2.05) is 0 Å². The second-order valence-corrected chi connectivity index (χ2v) is 7.35. The number of rotatable bonds is 5. The van der Waals surface area contributed by atoms with E-state index in [0.717, 1.165) is 0 Å². The number of nitrogens with zero attached hydrogens (tertiary/aromatic N) is 3. The topological polar surface area (TPSA) is 103 Å². The molecule has 2 amide bonds. The second-order valence-electron chi connectivity index (χ2n) is 5.83. The van der Waals surface area contributed by atoms with Gasteiger partial charge in [-0.2, -0.15) is 5.10 Å². The maximum Gasteiger partial charge on any atom is 0.274 e. The molecule has 0 spiro atoms. The van der Waals surface area contributed by atoms with Gasteiger partial charge in [0.25, 0.3) is 11.8 Å². The van der Waals surface area contributed by atoms with Crippen LogP contribution >= 0.6 is 22.9 Å². The first-order valence-electron chi connectivity index (χ1n) is 7.79. The molecule has 0 atom stereocenters. The van der Waals surface area contributed by atoms with Crippen LogP contribution in [0.5, 0.6) is 0 Å². The third kappa shape index (κ3) is 4.32. The minimum absolute atomic E-state index is 0.00680. The highest BCUT2D eigenvalue weighted by atomic mass is 35.5. The van der Waals surface area contributed by atoms with Crippen LogP contribution in [0.2, 0.25) is 5.02 Å². The van der Waals surface area contributed by atoms with Crippen LogP contribution in [-0.2, 0) is 13.5 Å². The Labute approximate surface area is 163 Å². The zero-order valence-electron chi connectivity index (χ0n) is 14.4. The van der Waals surface area contributed by atoms with E-state index in [9.17, 15) is 14.0 Å². The van der Waals surface area contributed by atoms with Crippen molar-refractivity contribution in [3.05, 3.63) is 62.8 Å². The van der Waals surface area contributed by atoms with Gasteiger partial charge in [0.15, 0.2) is 5.69 Å². The highest BCUT2D eigenvalue weighted by molar-refractivity contribution is 7.16. The Bertz CT molecular complexity index is 1030. The van der Waals surface area contributed by atoms with E-state index >= 15 is 0 Å². The Balaban J connectivity index is 1.78. The zero-order chi connectivity index (χ0) is 19.7. The van der Waals surface area contributed by atoms with Gasteiger partial charge in [-0.1, -0.05) is 11.6 Å². The minimum Gasteiger partial charge on any atom is -0.364 e. The summed E-state index contributed by atoms with van der Waals surface area (Å²) in [6.07, 6.45) is 0.385. The van der Waals surface area contributed by atoms with Gasteiger partial charge in [-0.3, -0.25) is 14.3 Å². The molecule has 3 rings (SSSR count). The second kappa shape index (κ2) is 7.45. The summed E-state index contributed by atoms with van der Waals surface area (Å²) in [5.41, 5.74) is 6.69. The molecule has 2 aromatic heterocycles. The summed E-state index contributed by atoms with van der Waals surface area (Å²) in [5, 5.41) is 8.22. The molecular weight excluding hydrogens is 393 g/mol. The van der Waals surface area contributed by atoms with Crippen molar-refractivity contribution in [1.82, 2.24) is 14.8 Å². The number of amides is 2. The molecule has 0 unspecified atom stereocenters. The number of thiazole rings is 1. The van der Waals surface area contributed by atoms with E-state index in [1.54, 1.807) is 20.0 Å². The molecule has 0 aliphatic heterocycles. The van der Waals surface area contributed by atoms with Gasteiger partial charge in [-0.05, 0) is 30.7 Å². The number of halogens is 2. The van der Waals surface area contributed by atoms with Crippen LogP contribution in [0.15, 0.2) is 24.3 Å². The summed E-state index contributed by atoms with van der Waals surface area (Å²) in [4.78, 5) is 28.1. The van der Waals surface area contributed by atoms with Crippen LogP contribution in [0.4, 0.5) is 9.39 Å². The number of nitrogens with two attached hydrogens (primary N) is 1. The summed E-state index contributed by atoms with van der Waals surface area (Å²) in [6, 6.07) is 5.62. The lowest BCUT2D eigenvalue weighted by atomic mass is 10.1. The Hall–Kier alpha value is -2.78. The smallest absolute Gasteiger partial charge is 0.274 e. The summed E-state index contributed by atoms with van der Waals surface area (Å²) in [6.45, 7) is 1.76. The van der Waals surface area contributed by atoms with Crippen molar-refractivity contribution in [2.24, 2.45) is 12.8 Å².